The van der Waals surface area contributed by atoms with Gasteiger partial charge in [0.05, 0.1) is 12.8 Å². The standard InChI is InChI=1S/C9H14N3O9P/c10-5-1-2-11(9(15)12(5)16)8-7(21-22(17,18)19)6(14)4(3-13)20-8/h1-2,4,6-8,13-14H,3,10H2,(H2,17,18,19)/t4-,6-,7-,8-/m1/s1. The number of nitrogens with zero attached hydrogens (tertiary/aromatic N) is 2. The van der Waals surface area contributed by atoms with Gasteiger partial charge in [0.2, 0.25) is 12.0 Å². The summed E-state index contributed by atoms with van der Waals surface area (Å²) in [7, 11) is -5.03. The van der Waals surface area contributed by atoms with Crippen molar-refractivity contribution in [2.45, 2.75) is 24.5 Å². The van der Waals surface area contributed by atoms with Crippen LogP contribution in [0.2, 0.25) is 0 Å². The predicted molar refractivity (Wildman–Crippen MR) is 68.0 cm³/mol. The van der Waals surface area contributed by atoms with Crippen molar-refractivity contribution in [3.8, 4) is 0 Å². The van der Waals surface area contributed by atoms with Crippen LogP contribution in [0.25, 0.3) is 0 Å². The molecule has 0 bridgehead atoms. The van der Waals surface area contributed by atoms with Gasteiger partial charge >= 0.3 is 13.5 Å². The molecule has 4 atom stereocenters. The van der Waals surface area contributed by atoms with Crippen molar-refractivity contribution in [2.75, 3.05) is 12.3 Å². The predicted octanol–water partition coefficient (Wildman–Crippen LogP) is -3.21. The fraction of sp³-hybridized carbons (Fsp3) is 0.556. The highest BCUT2D eigenvalue weighted by Gasteiger charge is 2.50. The molecule has 0 amide bonds. The summed E-state index contributed by atoms with van der Waals surface area (Å²) in [6.45, 7) is -0.695. The molecule has 13 heteroatoms. The Balaban J connectivity index is 2.45. The summed E-state index contributed by atoms with van der Waals surface area (Å²) in [5, 5.41) is 30.4. The molecule has 1 fully saturated rings. The first kappa shape index (κ1) is 16.8. The summed E-state index contributed by atoms with van der Waals surface area (Å²) in [6, 6.07) is 1.06. The van der Waals surface area contributed by atoms with Gasteiger partial charge in [-0.1, -0.05) is 0 Å². The second kappa shape index (κ2) is 5.93. The number of rotatable bonds is 4. The van der Waals surface area contributed by atoms with E-state index in [4.69, 9.17) is 25.4 Å². The Bertz CT molecular complexity index is 658. The van der Waals surface area contributed by atoms with Crippen LogP contribution in [0.4, 0.5) is 5.82 Å². The molecule has 0 aromatic carbocycles. The van der Waals surface area contributed by atoms with Gasteiger partial charge in [-0.3, -0.25) is 4.52 Å². The number of phosphoric acid groups is 1. The topological polar surface area (TPSA) is 191 Å². The van der Waals surface area contributed by atoms with Crippen LogP contribution in [0.5, 0.6) is 0 Å². The second-order valence-corrected chi connectivity index (χ2v) is 5.72. The van der Waals surface area contributed by atoms with E-state index in [1.54, 1.807) is 0 Å². The maximum absolute atomic E-state index is 11.8. The number of anilines is 1. The maximum Gasteiger partial charge on any atom is 0.470 e. The molecule has 0 saturated carbocycles. The van der Waals surface area contributed by atoms with Crippen molar-refractivity contribution in [3.05, 3.63) is 28.0 Å². The highest BCUT2D eigenvalue weighted by atomic mass is 31.2. The quantitative estimate of drug-likeness (QED) is 0.212. The number of nitrogens with two attached hydrogens (primary N) is 1. The van der Waals surface area contributed by atoms with Crippen molar-refractivity contribution >= 4 is 13.6 Å². The Morgan fingerprint density at radius 3 is 2.73 bits per heavy atom. The second-order valence-electron chi connectivity index (χ2n) is 4.52. The zero-order chi connectivity index (χ0) is 16.7. The first-order valence-corrected chi connectivity index (χ1v) is 7.47. The van der Waals surface area contributed by atoms with Crippen LogP contribution < -0.4 is 16.2 Å². The number of phosphoric ester groups is 1. The van der Waals surface area contributed by atoms with Gasteiger partial charge in [-0.2, -0.15) is 0 Å². The van der Waals surface area contributed by atoms with Gasteiger partial charge in [-0.25, -0.2) is 18.7 Å². The molecule has 6 N–H and O–H groups in total. The number of hydrogen-bond acceptors (Lipinski definition) is 8. The van der Waals surface area contributed by atoms with Gasteiger partial charge < -0.3 is 35.7 Å². The maximum atomic E-state index is 11.8. The number of nitrogen functional groups attached to an aromatic ring is 1. The van der Waals surface area contributed by atoms with E-state index in [-0.39, 0.29) is 4.73 Å². The van der Waals surface area contributed by atoms with E-state index in [9.17, 15) is 19.7 Å². The lowest BCUT2D eigenvalue weighted by Crippen LogP contribution is -2.53. The van der Waals surface area contributed by atoms with Crippen LogP contribution in [0.3, 0.4) is 0 Å². The van der Waals surface area contributed by atoms with E-state index in [2.05, 4.69) is 4.52 Å². The fourth-order valence-electron chi connectivity index (χ4n) is 2.06. The highest BCUT2D eigenvalue weighted by Crippen LogP contribution is 2.44. The molecule has 22 heavy (non-hydrogen) atoms. The number of aliphatic hydroxyl groups excluding tert-OH is 2. The Morgan fingerprint density at radius 2 is 2.18 bits per heavy atom. The Kier molecular flexibility index (Phi) is 4.54. The van der Waals surface area contributed by atoms with Gasteiger partial charge in [0.1, 0.15) is 12.2 Å². The third-order valence-corrected chi connectivity index (χ3v) is 3.58. The van der Waals surface area contributed by atoms with Crippen LogP contribution in [-0.2, 0) is 13.8 Å². The van der Waals surface area contributed by atoms with Crippen molar-refractivity contribution in [1.82, 2.24) is 4.57 Å². The summed E-state index contributed by atoms with van der Waals surface area (Å²) >= 11 is 0. The van der Waals surface area contributed by atoms with Crippen molar-refractivity contribution < 1.29 is 38.6 Å². The molecule has 0 unspecified atom stereocenters. The number of ether oxygens (including phenoxy) is 1. The first-order valence-electron chi connectivity index (χ1n) is 5.94. The lowest BCUT2D eigenvalue weighted by molar-refractivity contribution is -0.612. The van der Waals surface area contributed by atoms with Gasteiger partial charge in [-0.05, 0) is 0 Å². The Labute approximate surface area is 122 Å². The minimum atomic E-state index is -5.03. The summed E-state index contributed by atoms with van der Waals surface area (Å²) in [5.74, 6) is -0.397. The van der Waals surface area contributed by atoms with Gasteiger partial charge in [-0.15, -0.1) is 0 Å². The monoisotopic (exact) mass is 339 g/mol. The van der Waals surface area contributed by atoms with Gasteiger partial charge in [0.15, 0.2) is 6.10 Å². The normalized spacial score (nSPS) is 28.9. The van der Waals surface area contributed by atoms with Gasteiger partial charge in [0.25, 0.3) is 0 Å². The first-order chi connectivity index (χ1) is 10.2. The Morgan fingerprint density at radius 1 is 1.55 bits per heavy atom. The average Bonchev–Trinajstić information content (AvgIpc) is 2.72. The number of hydrogen-bond donors (Lipinski definition) is 5. The molecule has 1 aliphatic rings. The lowest BCUT2D eigenvalue weighted by atomic mass is 10.1. The molecule has 0 radical (unpaired) electrons. The summed E-state index contributed by atoms with van der Waals surface area (Å²) < 4.78 is 21.0. The summed E-state index contributed by atoms with van der Waals surface area (Å²) in [6.07, 6.45) is -5.06. The van der Waals surface area contributed by atoms with Crippen LogP contribution in [-0.4, -0.2) is 49.5 Å². The fourth-order valence-corrected chi connectivity index (χ4v) is 2.61. The average molecular weight is 339 g/mol. The molecule has 12 nitrogen and oxygen atoms in total. The van der Waals surface area contributed by atoms with E-state index in [0.717, 1.165) is 12.3 Å². The van der Waals surface area contributed by atoms with Crippen molar-refractivity contribution in [3.63, 3.8) is 0 Å². The SMILES string of the molecule is Nc1ccn([C@@H]2O[C@H](CO)[C@@H](O)[C@H]2OP(=O)(O)O)c(=O)[n+]1[O-]. The molecule has 1 aliphatic heterocycles. The smallest absolute Gasteiger partial charge is 0.470 e. The zero-order valence-corrected chi connectivity index (χ0v) is 11.8. The minimum absolute atomic E-state index is 0.170. The van der Waals surface area contributed by atoms with Crippen LogP contribution in [0.1, 0.15) is 6.23 Å². The van der Waals surface area contributed by atoms with Crippen LogP contribution >= 0.6 is 7.82 Å². The summed E-state index contributed by atoms with van der Waals surface area (Å²) in [5.41, 5.74) is 4.06. The molecular formula is C9H14N3O9P. The van der Waals surface area contributed by atoms with Crippen LogP contribution in [0.15, 0.2) is 17.1 Å². The number of aromatic nitrogens is 2. The Hall–Kier alpha value is -1.53. The highest BCUT2D eigenvalue weighted by molar-refractivity contribution is 7.46. The number of aliphatic hydroxyl groups is 2. The third-order valence-electron chi connectivity index (χ3n) is 3.06. The third kappa shape index (κ3) is 3.13. The van der Waals surface area contributed by atoms with E-state index in [1.807, 2.05) is 0 Å². The molecule has 1 aromatic heterocycles. The zero-order valence-electron chi connectivity index (χ0n) is 10.9. The molecule has 2 heterocycles. The molecule has 1 aromatic rings. The largest absolute Gasteiger partial charge is 0.738 e. The van der Waals surface area contributed by atoms with Crippen molar-refractivity contribution in [2.24, 2.45) is 0 Å². The minimum Gasteiger partial charge on any atom is -0.738 e. The van der Waals surface area contributed by atoms with E-state index >= 15 is 0 Å². The molecule has 1 saturated heterocycles. The molecule has 2 rings (SSSR count). The molecular weight excluding hydrogens is 325 g/mol. The van der Waals surface area contributed by atoms with E-state index < -0.39 is 50.5 Å². The molecule has 0 aliphatic carbocycles. The lowest BCUT2D eigenvalue weighted by Gasteiger charge is -2.20. The van der Waals surface area contributed by atoms with Gasteiger partial charge in [0, 0.05) is 6.07 Å². The van der Waals surface area contributed by atoms with E-state index in [0.29, 0.717) is 4.57 Å². The van der Waals surface area contributed by atoms with Crippen LogP contribution in [0, 0.1) is 5.21 Å². The van der Waals surface area contributed by atoms with E-state index in [1.165, 1.54) is 0 Å². The molecule has 124 valence electrons. The summed E-state index contributed by atoms with van der Waals surface area (Å²) in [4.78, 5) is 29.6. The molecule has 0 spiro atoms. The van der Waals surface area contributed by atoms with Crippen molar-refractivity contribution in [1.29, 1.82) is 0 Å².